The largest absolute Gasteiger partial charge is 0.452 e. The van der Waals surface area contributed by atoms with Crippen LogP contribution in [0.3, 0.4) is 0 Å². The molecule has 3 aromatic rings. The lowest BCUT2D eigenvalue weighted by molar-refractivity contribution is -0.133. The number of benzene rings is 1. The fourth-order valence-corrected chi connectivity index (χ4v) is 3.75. The lowest BCUT2D eigenvalue weighted by Crippen LogP contribution is -2.30. The summed E-state index contributed by atoms with van der Waals surface area (Å²) in [4.78, 5) is 27.3. The first-order valence-corrected chi connectivity index (χ1v) is 9.63. The van der Waals surface area contributed by atoms with Crippen molar-refractivity contribution < 1.29 is 18.7 Å². The molecule has 28 heavy (non-hydrogen) atoms. The molecule has 1 amide bonds. The second kappa shape index (κ2) is 8.39. The fraction of sp³-hybridized carbons (Fsp3) is 0.238. The maximum atomic E-state index is 13.2. The zero-order valence-corrected chi connectivity index (χ0v) is 16.8. The summed E-state index contributed by atoms with van der Waals surface area (Å²) in [7, 11) is 1.68. The Balaban J connectivity index is 1.67. The first kappa shape index (κ1) is 19.8. The number of hydrogen-bond donors (Lipinski definition) is 0. The van der Waals surface area contributed by atoms with Crippen LogP contribution >= 0.6 is 11.3 Å². The van der Waals surface area contributed by atoms with E-state index in [9.17, 15) is 14.0 Å². The topological polar surface area (TPSA) is 51.5 Å². The van der Waals surface area contributed by atoms with Crippen molar-refractivity contribution in [2.75, 3.05) is 13.7 Å². The molecule has 2 aromatic heterocycles. The van der Waals surface area contributed by atoms with E-state index in [-0.39, 0.29) is 18.3 Å². The lowest BCUT2D eigenvalue weighted by Gasteiger charge is -2.16. The van der Waals surface area contributed by atoms with Gasteiger partial charge in [0.15, 0.2) is 6.61 Å². The van der Waals surface area contributed by atoms with Gasteiger partial charge in [-0.2, -0.15) is 0 Å². The highest BCUT2D eigenvalue weighted by molar-refractivity contribution is 7.09. The summed E-state index contributed by atoms with van der Waals surface area (Å²) in [6.45, 7) is 3.80. The Morgan fingerprint density at radius 3 is 2.54 bits per heavy atom. The fourth-order valence-electron chi connectivity index (χ4n) is 3.00. The van der Waals surface area contributed by atoms with Crippen molar-refractivity contribution in [2.24, 2.45) is 0 Å². The number of aryl methyl sites for hydroxylation is 1. The molecule has 0 N–H and O–H groups in total. The number of hydrogen-bond acceptors (Lipinski definition) is 4. The van der Waals surface area contributed by atoms with Crippen LogP contribution in [0.15, 0.2) is 47.8 Å². The van der Waals surface area contributed by atoms with Crippen LogP contribution in [0.1, 0.15) is 26.6 Å². The molecule has 0 spiro atoms. The molecule has 5 nitrogen and oxygen atoms in total. The van der Waals surface area contributed by atoms with Crippen LogP contribution in [0.25, 0.3) is 5.69 Å². The summed E-state index contributed by atoms with van der Waals surface area (Å²) in [5.74, 6) is -1.15. The van der Waals surface area contributed by atoms with E-state index in [1.165, 1.54) is 17.0 Å². The molecule has 3 rings (SSSR count). The smallest absolute Gasteiger partial charge is 0.340 e. The van der Waals surface area contributed by atoms with Gasteiger partial charge in [-0.3, -0.25) is 4.79 Å². The van der Waals surface area contributed by atoms with E-state index < -0.39 is 5.97 Å². The molecule has 0 fully saturated rings. The van der Waals surface area contributed by atoms with Gasteiger partial charge in [-0.15, -0.1) is 11.3 Å². The number of thiophene rings is 1. The van der Waals surface area contributed by atoms with Crippen LogP contribution in [0, 0.1) is 19.7 Å². The molecule has 0 bridgehead atoms. The van der Waals surface area contributed by atoms with Crippen molar-refractivity contribution in [1.82, 2.24) is 9.47 Å². The molecule has 0 unspecified atom stereocenters. The molecule has 0 aliphatic heterocycles. The Morgan fingerprint density at radius 1 is 1.18 bits per heavy atom. The third-order valence-corrected chi connectivity index (χ3v) is 5.32. The zero-order chi connectivity index (χ0) is 20.3. The normalized spacial score (nSPS) is 10.7. The van der Waals surface area contributed by atoms with Crippen LogP contribution in [-0.2, 0) is 16.1 Å². The molecule has 0 radical (unpaired) electrons. The quantitative estimate of drug-likeness (QED) is 0.585. The van der Waals surface area contributed by atoms with Gasteiger partial charge >= 0.3 is 5.97 Å². The maximum absolute atomic E-state index is 13.2. The third kappa shape index (κ3) is 4.31. The highest BCUT2D eigenvalue weighted by atomic mass is 32.1. The van der Waals surface area contributed by atoms with Crippen molar-refractivity contribution in [1.29, 1.82) is 0 Å². The summed E-state index contributed by atoms with van der Waals surface area (Å²) in [6.07, 6.45) is 0. The Labute approximate surface area is 167 Å². The van der Waals surface area contributed by atoms with Gasteiger partial charge in [0.25, 0.3) is 5.91 Å². The minimum absolute atomic E-state index is 0.269. The molecular formula is C21H21FN2O3S. The van der Waals surface area contributed by atoms with E-state index >= 15 is 0 Å². The van der Waals surface area contributed by atoms with Crippen LogP contribution in [-0.4, -0.2) is 35.0 Å². The van der Waals surface area contributed by atoms with Gasteiger partial charge < -0.3 is 14.2 Å². The van der Waals surface area contributed by atoms with Gasteiger partial charge in [-0.1, -0.05) is 6.07 Å². The molecule has 0 atom stereocenters. The predicted molar refractivity (Wildman–Crippen MR) is 106 cm³/mol. The van der Waals surface area contributed by atoms with Gasteiger partial charge in [0.1, 0.15) is 5.82 Å². The highest BCUT2D eigenvalue weighted by Gasteiger charge is 2.20. The first-order valence-electron chi connectivity index (χ1n) is 8.75. The van der Waals surface area contributed by atoms with Crippen molar-refractivity contribution >= 4 is 23.2 Å². The Morgan fingerprint density at radius 2 is 1.89 bits per heavy atom. The molecule has 0 saturated carbocycles. The van der Waals surface area contributed by atoms with Crippen LogP contribution in [0.4, 0.5) is 4.39 Å². The molecule has 0 aliphatic carbocycles. The number of halogens is 1. The van der Waals surface area contributed by atoms with Crippen LogP contribution in [0.5, 0.6) is 0 Å². The summed E-state index contributed by atoms with van der Waals surface area (Å²) in [5, 5.41) is 1.95. The van der Waals surface area contributed by atoms with Crippen molar-refractivity contribution in [3.8, 4) is 5.69 Å². The Bertz CT molecular complexity index is 978. The number of amides is 1. The van der Waals surface area contributed by atoms with E-state index in [1.54, 1.807) is 43.5 Å². The van der Waals surface area contributed by atoms with Crippen molar-refractivity contribution in [2.45, 2.75) is 20.4 Å². The Hall–Kier alpha value is -2.93. The van der Waals surface area contributed by atoms with E-state index in [2.05, 4.69) is 0 Å². The van der Waals surface area contributed by atoms with E-state index in [0.29, 0.717) is 17.8 Å². The van der Waals surface area contributed by atoms with Crippen molar-refractivity contribution in [3.63, 3.8) is 0 Å². The van der Waals surface area contributed by atoms with Gasteiger partial charge in [0.05, 0.1) is 12.1 Å². The maximum Gasteiger partial charge on any atom is 0.340 e. The molecule has 1 aromatic carbocycles. The Kier molecular flexibility index (Phi) is 5.94. The standard InChI is InChI=1S/C21H21FN2O3S/c1-14-11-19(15(2)24(14)17-8-6-16(22)7-9-17)21(26)27-13-20(25)23(3)12-18-5-4-10-28-18/h4-11H,12-13H2,1-3H3. The van der Waals surface area contributed by atoms with Crippen molar-refractivity contribution in [3.05, 3.63) is 75.5 Å². The number of aromatic nitrogens is 1. The van der Waals surface area contributed by atoms with Crippen LogP contribution < -0.4 is 0 Å². The van der Waals surface area contributed by atoms with E-state index in [0.717, 1.165) is 16.3 Å². The zero-order valence-electron chi connectivity index (χ0n) is 15.9. The summed E-state index contributed by atoms with van der Waals surface area (Å²) >= 11 is 1.57. The molecular weight excluding hydrogens is 379 g/mol. The summed E-state index contributed by atoms with van der Waals surface area (Å²) < 4.78 is 20.3. The second-order valence-corrected chi connectivity index (χ2v) is 7.53. The summed E-state index contributed by atoms with van der Waals surface area (Å²) in [6, 6.07) is 11.6. The number of carbonyl (C=O) groups excluding carboxylic acids is 2. The molecule has 0 saturated heterocycles. The van der Waals surface area contributed by atoms with E-state index in [1.807, 2.05) is 29.0 Å². The number of carbonyl (C=O) groups is 2. The molecule has 0 aliphatic rings. The van der Waals surface area contributed by atoms with E-state index in [4.69, 9.17) is 4.74 Å². The van der Waals surface area contributed by atoms with Gasteiger partial charge in [0, 0.05) is 29.0 Å². The number of likely N-dealkylation sites (N-methyl/N-ethyl adjacent to an activating group) is 1. The SMILES string of the molecule is Cc1cc(C(=O)OCC(=O)N(C)Cc2cccs2)c(C)n1-c1ccc(F)cc1. The van der Waals surface area contributed by atoms with Crippen LogP contribution in [0.2, 0.25) is 0 Å². The first-order chi connectivity index (χ1) is 13.4. The van der Waals surface area contributed by atoms with Gasteiger partial charge in [-0.25, -0.2) is 9.18 Å². The number of esters is 1. The minimum atomic E-state index is -0.556. The number of rotatable bonds is 6. The van der Waals surface area contributed by atoms with Gasteiger partial charge in [0.2, 0.25) is 0 Å². The average molecular weight is 400 g/mol. The minimum Gasteiger partial charge on any atom is -0.452 e. The third-order valence-electron chi connectivity index (χ3n) is 4.46. The average Bonchev–Trinajstić information content (AvgIpc) is 3.28. The second-order valence-electron chi connectivity index (χ2n) is 6.50. The lowest BCUT2D eigenvalue weighted by atomic mass is 10.2. The highest BCUT2D eigenvalue weighted by Crippen LogP contribution is 2.22. The molecule has 7 heteroatoms. The van der Waals surface area contributed by atoms with Gasteiger partial charge in [-0.05, 0) is 55.6 Å². The molecule has 2 heterocycles. The monoisotopic (exact) mass is 400 g/mol. The number of nitrogens with zero attached hydrogens (tertiary/aromatic N) is 2. The predicted octanol–water partition coefficient (Wildman–Crippen LogP) is 4.11. The number of ether oxygens (including phenoxy) is 1. The molecule has 146 valence electrons. The summed E-state index contributed by atoms with van der Waals surface area (Å²) in [5.41, 5.74) is 2.63.